The van der Waals surface area contributed by atoms with Crippen molar-refractivity contribution in [3.8, 4) is 0 Å². The Kier molecular flexibility index (Phi) is 10.9. The monoisotopic (exact) mass is 363 g/mol. The van der Waals surface area contributed by atoms with Crippen LogP contribution >= 0.6 is 0 Å². The third kappa shape index (κ3) is 10.2. The molecule has 1 unspecified atom stereocenters. The number of benzene rings is 1. The van der Waals surface area contributed by atoms with Gasteiger partial charge in [0.05, 0.1) is 13.0 Å². The van der Waals surface area contributed by atoms with Crippen LogP contribution in [0.4, 0.5) is 13.2 Å². The molecule has 0 aliphatic heterocycles. The maximum absolute atomic E-state index is 13.1. The lowest BCUT2D eigenvalue weighted by molar-refractivity contribution is -0.138. The van der Waals surface area contributed by atoms with Gasteiger partial charge in [-0.1, -0.05) is 6.58 Å². The molecule has 0 aromatic heterocycles. The molecule has 1 rings (SSSR count). The van der Waals surface area contributed by atoms with E-state index in [0.717, 1.165) is 6.08 Å². The third-order valence-electron chi connectivity index (χ3n) is 2.72. The molecule has 1 aromatic carbocycles. The minimum Gasteiger partial charge on any atom is -0.481 e. The Morgan fingerprint density at radius 2 is 1.84 bits per heavy atom. The van der Waals surface area contributed by atoms with Gasteiger partial charge in [-0.05, 0) is 18.1 Å². The van der Waals surface area contributed by atoms with Gasteiger partial charge >= 0.3 is 11.9 Å². The van der Waals surface area contributed by atoms with Crippen molar-refractivity contribution in [1.29, 1.82) is 0 Å². The van der Waals surface area contributed by atoms with Crippen molar-refractivity contribution in [3.63, 3.8) is 0 Å². The van der Waals surface area contributed by atoms with Crippen LogP contribution in [0.25, 0.3) is 0 Å². The molecule has 9 heteroatoms. The summed E-state index contributed by atoms with van der Waals surface area (Å²) >= 11 is 0. The van der Waals surface area contributed by atoms with E-state index in [2.05, 4.69) is 11.3 Å². The highest BCUT2D eigenvalue weighted by atomic mass is 19.2. The SMILES string of the molecule is C=CC(=O)OCCCO.NC(CC(=O)O)Cc1cc(F)c(F)cc1F. The first-order valence-corrected chi connectivity index (χ1v) is 7.22. The van der Waals surface area contributed by atoms with E-state index < -0.39 is 35.4 Å². The highest BCUT2D eigenvalue weighted by Gasteiger charge is 2.14. The molecule has 0 spiro atoms. The van der Waals surface area contributed by atoms with E-state index in [9.17, 15) is 22.8 Å². The smallest absolute Gasteiger partial charge is 0.330 e. The van der Waals surface area contributed by atoms with Gasteiger partial charge in [-0.25, -0.2) is 18.0 Å². The molecule has 0 fully saturated rings. The minimum absolute atomic E-state index is 0.0461. The van der Waals surface area contributed by atoms with Crippen LogP contribution in [0.3, 0.4) is 0 Å². The summed E-state index contributed by atoms with van der Waals surface area (Å²) in [5.74, 6) is -4.97. The fraction of sp³-hybridized carbons (Fsp3) is 0.375. The van der Waals surface area contributed by atoms with Crippen LogP contribution in [0.1, 0.15) is 18.4 Å². The first-order chi connectivity index (χ1) is 11.7. The van der Waals surface area contributed by atoms with Crippen molar-refractivity contribution >= 4 is 11.9 Å². The van der Waals surface area contributed by atoms with Gasteiger partial charge < -0.3 is 20.7 Å². The standard InChI is InChI=1S/C10H10F3NO2.C6H10O3/c11-7-4-9(13)8(12)2-5(7)1-6(14)3-10(15)16;1-2-6(8)9-5-3-4-7/h2,4,6H,1,3,14H2,(H,15,16);2,7H,1,3-5H2. The van der Waals surface area contributed by atoms with Crippen LogP contribution in [-0.2, 0) is 20.7 Å². The third-order valence-corrected chi connectivity index (χ3v) is 2.72. The van der Waals surface area contributed by atoms with Gasteiger partial charge in [-0.2, -0.15) is 0 Å². The van der Waals surface area contributed by atoms with Gasteiger partial charge in [0, 0.05) is 31.2 Å². The van der Waals surface area contributed by atoms with E-state index in [4.69, 9.17) is 15.9 Å². The molecule has 0 aliphatic carbocycles. The number of nitrogens with two attached hydrogens (primary N) is 1. The van der Waals surface area contributed by atoms with Crippen LogP contribution in [-0.4, -0.2) is 41.4 Å². The Labute approximate surface area is 142 Å². The quantitative estimate of drug-likeness (QED) is 0.280. The molecule has 0 saturated heterocycles. The zero-order valence-electron chi connectivity index (χ0n) is 13.4. The number of hydrogen-bond donors (Lipinski definition) is 3. The number of ether oxygens (including phenoxy) is 1. The predicted octanol–water partition coefficient (Wildman–Crippen LogP) is 1.55. The molecule has 0 amide bonds. The van der Waals surface area contributed by atoms with E-state index in [1.165, 1.54) is 0 Å². The number of carbonyl (C=O) groups is 2. The molecular weight excluding hydrogens is 343 g/mol. The summed E-state index contributed by atoms with van der Waals surface area (Å²) in [5.41, 5.74) is 5.27. The lowest BCUT2D eigenvalue weighted by Gasteiger charge is -2.09. The Morgan fingerprint density at radius 3 is 2.36 bits per heavy atom. The summed E-state index contributed by atoms with van der Waals surface area (Å²) < 4.78 is 43.0. The van der Waals surface area contributed by atoms with Crippen molar-refractivity contribution < 1.29 is 37.7 Å². The average Bonchev–Trinajstić information content (AvgIpc) is 2.52. The van der Waals surface area contributed by atoms with Crippen LogP contribution in [0.2, 0.25) is 0 Å². The van der Waals surface area contributed by atoms with E-state index in [1.54, 1.807) is 0 Å². The van der Waals surface area contributed by atoms with Gasteiger partial charge in [0.1, 0.15) is 5.82 Å². The summed E-state index contributed by atoms with van der Waals surface area (Å²) in [6.45, 7) is 3.51. The number of carboxylic acids is 1. The lowest BCUT2D eigenvalue weighted by Crippen LogP contribution is -2.26. The number of esters is 1. The zero-order chi connectivity index (χ0) is 19.4. The summed E-state index contributed by atoms with van der Waals surface area (Å²) in [7, 11) is 0. The molecule has 1 atom stereocenters. The second-order valence-electron chi connectivity index (χ2n) is 4.87. The van der Waals surface area contributed by atoms with Crippen molar-refractivity contribution in [2.75, 3.05) is 13.2 Å². The molecule has 25 heavy (non-hydrogen) atoms. The molecule has 1 aromatic rings. The number of carboxylic acid groups (broad SMARTS) is 1. The molecule has 0 bridgehead atoms. The second kappa shape index (κ2) is 12.0. The Morgan fingerprint density at radius 1 is 1.24 bits per heavy atom. The predicted molar refractivity (Wildman–Crippen MR) is 83.1 cm³/mol. The number of carbonyl (C=O) groups excluding carboxylic acids is 1. The normalized spacial score (nSPS) is 11.1. The number of aliphatic carboxylic acids is 1. The number of aliphatic hydroxyl groups is 1. The van der Waals surface area contributed by atoms with Gasteiger partial charge in [-0.15, -0.1) is 0 Å². The van der Waals surface area contributed by atoms with Crippen molar-refractivity contribution in [2.24, 2.45) is 5.73 Å². The number of aliphatic hydroxyl groups excluding tert-OH is 1. The fourth-order valence-corrected chi connectivity index (χ4v) is 1.60. The molecule has 0 aliphatic rings. The molecule has 0 heterocycles. The number of halogens is 3. The van der Waals surface area contributed by atoms with E-state index in [-0.39, 0.29) is 31.6 Å². The number of rotatable bonds is 8. The highest BCUT2D eigenvalue weighted by Crippen LogP contribution is 2.15. The van der Waals surface area contributed by atoms with E-state index in [0.29, 0.717) is 18.6 Å². The topological polar surface area (TPSA) is 110 Å². The molecule has 0 saturated carbocycles. The summed E-state index contributed by atoms with van der Waals surface area (Å²) in [5, 5.41) is 16.7. The number of hydrogen-bond acceptors (Lipinski definition) is 5. The van der Waals surface area contributed by atoms with E-state index in [1.807, 2.05) is 0 Å². The van der Waals surface area contributed by atoms with Crippen LogP contribution < -0.4 is 5.73 Å². The fourth-order valence-electron chi connectivity index (χ4n) is 1.60. The Bertz CT molecular complexity index is 595. The van der Waals surface area contributed by atoms with Gasteiger partial charge in [0.25, 0.3) is 0 Å². The van der Waals surface area contributed by atoms with E-state index >= 15 is 0 Å². The molecule has 140 valence electrons. The van der Waals surface area contributed by atoms with Crippen LogP contribution in [0.5, 0.6) is 0 Å². The van der Waals surface area contributed by atoms with Gasteiger partial charge in [0.2, 0.25) is 0 Å². The van der Waals surface area contributed by atoms with Crippen LogP contribution in [0.15, 0.2) is 24.8 Å². The average molecular weight is 363 g/mol. The Hall–Kier alpha value is -2.39. The molecule has 0 radical (unpaired) electrons. The second-order valence-corrected chi connectivity index (χ2v) is 4.87. The largest absolute Gasteiger partial charge is 0.481 e. The van der Waals surface area contributed by atoms with Crippen molar-refractivity contribution in [3.05, 3.63) is 47.8 Å². The summed E-state index contributed by atoms with van der Waals surface area (Å²) in [4.78, 5) is 20.6. The molecule has 4 N–H and O–H groups in total. The summed E-state index contributed by atoms with van der Waals surface area (Å²) in [6.07, 6.45) is 1.06. The first kappa shape index (κ1) is 22.6. The lowest BCUT2D eigenvalue weighted by atomic mass is 10.0. The van der Waals surface area contributed by atoms with Crippen molar-refractivity contribution in [1.82, 2.24) is 0 Å². The Balaban J connectivity index is 0.000000547. The van der Waals surface area contributed by atoms with Crippen LogP contribution in [0, 0.1) is 17.5 Å². The first-order valence-electron chi connectivity index (χ1n) is 7.22. The maximum atomic E-state index is 13.1. The zero-order valence-corrected chi connectivity index (χ0v) is 13.4. The minimum atomic E-state index is -1.28. The van der Waals surface area contributed by atoms with Crippen molar-refractivity contribution in [2.45, 2.75) is 25.3 Å². The van der Waals surface area contributed by atoms with Gasteiger partial charge in [0.15, 0.2) is 11.6 Å². The van der Waals surface area contributed by atoms with Gasteiger partial charge in [-0.3, -0.25) is 4.79 Å². The molecule has 6 nitrogen and oxygen atoms in total. The summed E-state index contributed by atoms with van der Waals surface area (Å²) in [6, 6.07) is 0.265. The molecular formula is C16H20F3NO5. The highest BCUT2D eigenvalue weighted by molar-refractivity contribution is 5.81. The maximum Gasteiger partial charge on any atom is 0.330 e.